The van der Waals surface area contributed by atoms with Crippen LogP contribution in [0.1, 0.15) is 44.6 Å². The number of hydrogen-bond donors (Lipinski definition) is 0. The normalized spacial score (nSPS) is 12.5. The Morgan fingerprint density at radius 2 is 2.20 bits per heavy atom. The van der Waals surface area contributed by atoms with Gasteiger partial charge in [-0.3, -0.25) is 0 Å². The third kappa shape index (κ3) is 4.05. The molecule has 0 saturated carbocycles. The van der Waals surface area contributed by atoms with E-state index in [1.54, 1.807) is 6.92 Å². The fourth-order valence-electron chi connectivity index (χ4n) is 1.84. The molecular weight excluding hydrogens is 208 g/mol. The van der Waals surface area contributed by atoms with Crippen molar-refractivity contribution < 1.29 is 4.79 Å². The lowest BCUT2D eigenvalue weighted by Crippen LogP contribution is -2.04. The van der Waals surface area contributed by atoms with Crippen LogP contribution in [0.3, 0.4) is 0 Å². The number of carbonyl (C=O) groups excluding carboxylic acids is 1. The highest BCUT2D eigenvalue weighted by Crippen LogP contribution is 2.27. The third-order valence-corrected chi connectivity index (χ3v) is 2.73. The first-order valence-corrected chi connectivity index (χ1v) is 5.76. The SMILES string of the molecule is CCCC(CC(C)=O)c1cccc(Cl)c1. The summed E-state index contributed by atoms with van der Waals surface area (Å²) in [6.07, 6.45) is 2.75. The number of ketones is 1. The van der Waals surface area contributed by atoms with E-state index in [2.05, 4.69) is 13.0 Å². The van der Waals surface area contributed by atoms with Gasteiger partial charge in [-0.1, -0.05) is 37.1 Å². The van der Waals surface area contributed by atoms with Gasteiger partial charge in [0.2, 0.25) is 0 Å². The molecule has 0 amide bonds. The quantitative estimate of drug-likeness (QED) is 0.733. The molecule has 1 aromatic carbocycles. The van der Waals surface area contributed by atoms with Crippen LogP contribution >= 0.6 is 11.6 Å². The first kappa shape index (κ1) is 12.3. The maximum absolute atomic E-state index is 11.2. The predicted octanol–water partition coefficient (Wildman–Crippen LogP) is 4.20. The Kier molecular flexibility index (Phi) is 4.83. The number of Topliss-reactive ketones (excluding diaryl/α,β-unsaturated/α-hetero) is 1. The lowest BCUT2D eigenvalue weighted by Gasteiger charge is -2.15. The molecule has 1 aromatic rings. The summed E-state index contributed by atoms with van der Waals surface area (Å²) in [5.41, 5.74) is 1.18. The Morgan fingerprint density at radius 3 is 2.73 bits per heavy atom. The van der Waals surface area contributed by atoms with Crippen molar-refractivity contribution in [2.45, 2.75) is 39.0 Å². The highest BCUT2D eigenvalue weighted by molar-refractivity contribution is 6.30. The van der Waals surface area contributed by atoms with Gasteiger partial charge < -0.3 is 4.79 Å². The van der Waals surface area contributed by atoms with Gasteiger partial charge in [0.05, 0.1) is 0 Å². The van der Waals surface area contributed by atoms with E-state index >= 15 is 0 Å². The second-order valence-electron chi connectivity index (χ2n) is 3.95. The van der Waals surface area contributed by atoms with Gasteiger partial charge in [0.1, 0.15) is 5.78 Å². The van der Waals surface area contributed by atoms with Crippen molar-refractivity contribution in [1.29, 1.82) is 0 Å². The first-order valence-electron chi connectivity index (χ1n) is 5.38. The van der Waals surface area contributed by atoms with Crippen molar-refractivity contribution in [2.75, 3.05) is 0 Å². The Morgan fingerprint density at radius 1 is 1.47 bits per heavy atom. The molecule has 0 aliphatic rings. The lowest BCUT2D eigenvalue weighted by atomic mass is 9.90. The van der Waals surface area contributed by atoms with Crippen LogP contribution < -0.4 is 0 Å². The molecule has 15 heavy (non-hydrogen) atoms. The van der Waals surface area contributed by atoms with Crippen molar-refractivity contribution in [3.63, 3.8) is 0 Å². The number of carbonyl (C=O) groups is 1. The van der Waals surface area contributed by atoms with Gasteiger partial charge >= 0.3 is 0 Å². The molecule has 0 aliphatic heterocycles. The molecule has 0 fully saturated rings. The van der Waals surface area contributed by atoms with Crippen LogP contribution in [0.25, 0.3) is 0 Å². The standard InChI is InChI=1S/C13H17ClO/c1-3-5-11(8-10(2)15)12-6-4-7-13(14)9-12/h4,6-7,9,11H,3,5,8H2,1-2H3. The molecule has 1 nitrogen and oxygen atoms in total. The van der Waals surface area contributed by atoms with Crippen LogP contribution in [-0.4, -0.2) is 5.78 Å². The van der Waals surface area contributed by atoms with Crippen molar-refractivity contribution in [2.24, 2.45) is 0 Å². The molecule has 0 heterocycles. The second kappa shape index (κ2) is 5.92. The fourth-order valence-corrected chi connectivity index (χ4v) is 2.04. The largest absolute Gasteiger partial charge is 0.300 e. The highest BCUT2D eigenvalue weighted by Gasteiger charge is 2.12. The molecule has 0 radical (unpaired) electrons. The van der Waals surface area contributed by atoms with E-state index in [-0.39, 0.29) is 5.78 Å². The van der Waals surface area contributed by atoms with Gasteiger partial charge in [0, 0.05) is 11.4 Å². The van der Waals surface area contributed by atoms with Crippen molar-refractivity contribution >= 4 is 17.4 Å². The van der Waals surface area contributed by atoms with E-state index in [0.717, 1.165) is 17.9 Å². The van der Waals surface area contributed by atoms with Crippen LogP contribution in [0, 0.1) is 0 Å². The van der Waals surface area contributed by atoms with E-state index in [1.165, 1.54) is 5.56 Å². The summed E-state index contributed by atoms with van der Waals surface area (Å²) in [5, 5.41) is 0.747. The summed E-state index contributed by atoms with van der Waals surface area (Å²) in [6, 6.07) is 7.82. The molecule has 0 bridgehead atoms. The highest BCUT2D eigenvalue weighted by atomic mass is 35.5. The van der Waals surface area contributed by atoms with Crippen molar-refractivity contribution in [3.05, 3.63) is 34.9 Å². The molecule has 0 aromatic heterocycles. The van der Waals surface area contributed by atoms with Crippen molar-refractivity contribution in [3.8, 4) is 0 Å². The lowest BCUT2D eigenvalue weighted by molar-refractivity contribution is -0.117. The summed E-state index contributed by atoms with van der Waals surface area (Å²) in [7, 11) is 0. The zero-order valence-corrected chi connectivity index (χ0v) is 10.1. The predicted molar refractivity (Wildman–Crippen MR) is 64.4 cm³/mol. The van der Waals surface area contributed by atoms with Crippen LogP contribution in [0.15, 0.2) is 24.3 Å². The van der Waals surface area contributed by atoms with Crippen LogP contribution in [-0.2, 0) is 4.79 Å². The smallest absolute Gasteiger partial charge is 0.130 e. The number of halogens is 1. The molecule has 0 spiro atoms. The molecule has 82 valence electrons. The minimum absolute atomic E-state index is 0.244. The van der Waals surface area contributed by atoms with Gasteiger partial charge in [0.25, 0.3) is 0 Å². The second-order valence-corrected chi connectivity index (χ2v) is 4.38. The molecule has 1 atom stereocenters. The number of benzene rings is 1. The van der Waals surface area contributed by atoms with Gasteiger partial charge in [0.15, 0.2) is 0 Å². The van der Waals surface area contributed by atoms with Crippen LogP contribution in [0.4, 0.5) is 0 Å². The topological polar surface area (TPSA) is 17.1 Å². The minimum atomic E-state index is 0.244. The molecule has 1 rings (SSSR count). The van der Waals surface area contributed by atoms with E-state index < -0.39 is 0 Å². The van der Waals surface area contributed by atoms with Crippen LogP contribution in [0.2, 0.25) is 5.02 Å². The first-order chi connectivity index (χ1) is 7.13. The molecule has 0 N–H and O–H groups in total. The summed E-state index contributed by atoms with van der Waals surface area (Å²) >= 11 is 5.94. The maximum atomic E-state index is 11.2. The zero-order chi connectivity index (χ0) is 11.3. The molecule has 0 saturated heterocycles. The average Bonchev–Trinajstić information content (AvgIpc) is 2.16. The Hall–Kier alpha value is -0.820. The van der Waals surface area contributed by atoms with Gasteiger partial charge in [-0.05, 0) is 37.0 Å². The zero-order valence-electron chi connectivity index (χ0n) is 9.29. The monoisotopic (exact) mass is 224 g/mol. The summed E-state index contributed by atoms with van der Waals surface area (Å²) < 4.78 is 0. The fraction of sp³-hybridized carbons (Fsp3) is 0.462. The van der Waals surface area contributed by atoms with Crippen LogP contribution in [0.5, 0.6) is 0 Å². The molecule has 0 aliphatic carbocycles. The number of rotatable bonds is 5. The summed E-state index contributed by atoms with van der Waals surface area (Å²) in [6.45, 7) is 3.78. The van der Waals surface area contributed by atoms with Gasteiger partial charge in [-0.25, -0.2) is 0 Å². The van der Waals surface area contributed by atoms with Gasteiger partial charge in [-0.15, -0.1) is 0 Å². The van der Waals surface area contributed by atoms with E-state index in [1.807, 2.05) is 18.2 Å². The number of hydrogen-bond acceptors (Lipinski definition) is 1. The van der Waals surface area contributed by atoms with E-state index in [9.17, 15) is 4.79 Å². The Labute approximate surface area is 96.5 Å². The summed E-state index contributed by atoms with van der Waals surface area (Å²) in [5.74, 6) is 0.569. The molecule has 1 unspecified atom stereocenters. The average molecular weight is 225 g/mol. The summed E-state index contributed by atoms with van der Waals surface area (Å²) in [4.78, 5) is 11.2. The molecular formula is C13H17ClO. The minimum Gasteiger partial charge on any atom is -0.300 e. The van der Waals surface area contributed by atoms with Crippen molar-refractivity contribution in [1.82, 2.24) is 0 Å². The third-order valence-electron chi connectivity index (χ3n) is 2.49. The Bertz CT molecular complexity index is 333. The maximum Gasteiger partial charge on any atom is 0.130 e. The van der Waals surface area contributed by atoms with E-state index in [0.29, 0.717) is 12.3 Å². The Balaban J connectivity index is 2.83. The molecule has 2 heteroatoms. The van der Waals surface area contributed by atoms with E-state index in [4.69, 9.17) is 11.6 Å². The van der Waals surface area contributed by atoms with Gasteiger partial charge in [-0.2, -0.15) is 0 Å².